The van der Waals surface area contributed by atoms with E-state index in [-0.39, 0.29) is 12.5 Å². The highest BCUT2D eigenvalue weighted by Gasteiger charge is 2.40. The molecule has 1 fully saturated rings. The molecule has 0 saturated carbocycles. The summed E-state index contributed by atoms with van der Waals surface area (Å²) in [4.78, 5) is 12.7. The number of aliphatic hydroxyl groups is 1. The summed E-state index contributed by atoms with van der Waals surface area (Å²) in [7, 11) is 0. The van der Waals surface area contributed by atoms with E-state index in [0.717, 1.165) is 4.24 Å². The van der Waals surface area contributed by atoms with Crippen LogP contribution in [0.5, 0.6) is 0 Å². The van der Waals surface area contributed by atoms with E-state index in [2.05, 4.69) is 0 Å². The molecule has 2 aliphatic rings. The smallest absolute Gasteiger partial charge is 0.230 e. The van der Waals surface area contributed by atoms with Gasteiger partial charge in [-0.05, 0) is 0 Å². The summed E-state index contributed by atoms with van der Waals surface area (Å²) < 4.78 is 1.15. The van der Waals surface area contributed by atoms with Crippen LogP contribution in [0.1, 0.15) is 6.42 Å². The van der Waals surface area contributed by atoms with E-state index >= 15 is 0 Å². The van der Waals surface area contributed by atoms with Crippen LogP contribution >= 0.6 is 23.5 Å². The van der Waals surface area contributed by atoms with Crippen LogP contribution in [-0.4, -0.2) is 33.6 Å². The largest absolute Gasteiger partial charge is 0.396 e. The number of thioether (sulfide) groups is 2. The highest BCUT2D eigenvalue weighted by atomic mass is 32.2. The summed E-state index contributed by atoms with van der Waals surface area (Å²) in [5, 5.41) is 8.95. The van der Waals surface area contributed by atoms with Gasteiger partial charge >= 0.3 is 0 Å². The molecule has 2 rings (SSSR count). The zero-order chi connectivity index (χ0) is 8.55. The van der Waals surface area contributed by atoms with Crippen LogP contribution in [0.4, 0.5) is 0 Å². The number of hydrogen-bond acceptors (Lipinski definition) is 4. The highest BCUT2D eigenvalue weighted by Crippen LogP contribution is 2.45. The number of aliphatic hydroxyl groups excluding tert-OH is 1. The molecule has 0 spiro atoms. The summed E-state index contributed by atoms with van der Waals surface area (Å²) in [5.41, 5.74) is 0. The minimum absolute atomic E-state index is 0.196. The molecule has 1 atom stereocenters. The quantitative estimate of drug-likeness (QED) is 0.689. The Morgan fingerprint density at radius 1 is 1.83 bits per heavy atom. The van der Waals surface area contributed by atoms with Gasteiger partial charge in [-0.15, -0.1) is 11.8 Å². The maximum atomic E-state index is 10.9. The van der Waals surface area contributed by atoms with Crippen molar-refractivity contribution < 1.29 is 9.90 Å². The Morgan fingerprint density at radius 3 is 3.25 bits per heavy atom. The lowest BCUT2D eigenvalue weighted by Crippen LogP contribution is -2.44. The molecular weight excluding hydrogens is 194 g/mol. The molecule has 0 aromatic heterocycles. The van der Waals surface area contributed by atoms with Gasteiger partial charge in [-0.2, -0.15) is 0 Å². The monoisotopic (exact) mass is 203 g/mol. The molecule has 3 nitrogen and oxygen atoms in total. The molecule has 12 heavy (non-hydrogen) atoms. The van der Waals surface area contributed by atoms with Gasteiger partial charge in [0.1, 0.15) is 0 Å². The van der Waals surface area contributed by atoms with Gasteiger partial charge in [0.2, 0.25) is 5.91 Å². The lowest BCUT2D eigenvalue weighted by Gasteiger charge is -2.31. The van der Waals surface area contributed by atoms with Gasteiger partial charge in [-0.1, -0.05) is 11.8 Å². The molecule has 1 N–H and O–H groups in total. The van der Waals surface area contributed by atoms with Crippen molar-refractivity contribution in [2.24, 2.45) is 0 Å². The summed E-state index contributed by atoms with van der Waals surface area (Å²) in [6.07, 6.45) is 2.56. The Hall–Kier alpha value is -0.130. The fourth-order valence-corrected chi connectivity index (χ4v) is 3.45. The molecule has 0 unspecified atom stereocenters. The average Bonchev–Trinajstić information content (AvgIpc) is 2.39. The summed E-state index contributed by atoms with van der Waals surface area (Å²) in [5.74, 6) is 0.931. The average molecular weight is 203 g/mol. The second-order valence-corrected chi connectivity index (χ2v) is 5.21. The molecule has 0 aliphatic carbocycles. The Kier molecular flexibility index (Phi) is 2.34. The second kappa shape index (κ2) is 3.32. The molecule has 0 aromatic carbocycles. The Labute approximate surface area is 79.2 Å². The van der Waals surface area contributed by atoms with E-state index in [9.17, 15) is 4.79 Å². The van der Waals surface area contributed by atoms with Crippen LogP contribution in [0.2, 0.25) is 0 Å². The topological polar surface area (TPSA) is 40.5 Å². The van der Waals surface area contributed by atoms with Gasteiger partial charge in [0.25, 0.3) is 0 Å². The number of amides is 1. The molecular formula is C7H9NO2S2. The van der Waals surface area contributed by atoms with E-state index in [1.165, 1.54) is 0 Å². The highest BCUT2D eigenvalue weighted by molar-refractivity contribution is 8.22. The zero-order valence-corrected chi connectivity index (χ0v) is 8.03. The van der Waals surface area contributed by atoms with Gasteiger partial charge in [0, 0.05) is 12.0 Å². The van der Waals surface area contributed by atoms with E-state index in [0.29, 0.717) is 17.5 Å². The maximum Gasteiger partial charge on any atom is 0.230 e. The van der Waals surface area contributed by atoms with Crippen molar-refractivity contribution in [3.63, 3.8) is 0 Å². The van der Waals surface area contributed by atoms with Gasteiger partial charge in [-0.25, -0.2) is 0 Å². The van der Waals surface area contributed by atoms with Crippen LogP contribution in [-0.2, 0) is 4.79 Å². The fraction of sp³-hybridized carbons (Fsp3) is 0.571. The molecule has 1 saturated heterocycles. The Morgan fingerprint density at radius 2 is 2.67 bits per heavy atom. The van der Waals surface area contributed by atoms with Gasteiger partial charge < -0.3 is 10.0 Å². The lowest BCUT2D eigenvalue weighted by molar-refractivity contribution is -0.137. The lowest BCUT2D eigenvalue weighted by atomic mass is 10.2. The first-order valence-electron chi connectivity index (χ1n) is 3.74. The molecule has 1 amide bonds. The van der Waals surface area contributed by atoms with E-state index in [4.69, 9.17) is 5.11 Å². The molecule has 0 bridgehead atoms. The standard InChI is InChI=1S/C7H9NO2S2/c9-1-2-11-7-4-8-5(10)3-6(8)12-7/h4,6,9H,1-3H2/t6-/m1/s1. The number of β-lactam (4-membered cyclic amide) rings is 1. The first kappa shape index (κ1) is 8.47. The van der Waals surface area contributed by atoms with Gasteiger partial charge in [-0.3, -0.25) is 4.79 Å². The number of fused-ring (bicyclic) bond motifs is 1. The predicted molar refractivity (Wildman–Crippen MR) is 50.5 cm³/mol. The molecule has 2 aliphatic heterocycles. The third kappa shape index (κ3) is 1.36. The molecule has 5 heteroatoms. The molecule has 2 heterocycles. The molecule has 66 valence electrons. The second-order valence-electron chi connectivity index (χ2n) is 2.60. The zero-order valence-electron chi connectivity index (χ0n) is 6.40. The SMILES string of the molecule is O=C1C[C@H]2SC(SCCO)=CN12. The van der Waals surface area contributed by atoms with E-state index < -0.39 is 0 Å². The number of carbonyl (C=O) groups is 1. The van der Waals surface area contributed by atoms with Crippen molar-refractivity contribution in [2.45, 2.75) is 11.8 Å². The van der Waals surface area contributed by atoms with E-state index in [1.54, 1.807) is 28.4 Å². The summed E-state index contributed by atoms with van der Waals surface area (Å²) in [6, 6.07) is 0. The minimum atomic E-state index is 0.196. The van der Waals surface area contributed by atoms with Crippen LogP contribution in [0.25, 0.3) is 0 Å². The Balaban J connectivity index is 1.89. The summed E-state index contributed by atoms with van der Waals surface area (Å²) in [6.45, 7) is 0.196. The molecule has 0 aromatic rings. The number of rotatable bonds is 3. The predicted octanol–water partition coefficient (Wildman–Crippen LogP) is 0.816. The van der Waals surface area contributed by atoms with Crippen molar-refractivity contribution in [2.75, 3.05) is 12.4 Å². The van der Waals surface area contributed by atoms with Crippen molar-refractivity contribution in [3.05, 3.63) is 10.4 Å². The van der Waals surface area contributed by atoms with Crippen molar-refractivity contribution in [1.82, 2.24) is 4.90 Å². The van der Waals surface area contributed by atoms with Crippen LogP contribution in [0.15, 0.2) is 10.4 Å². The first-order chi connectivity index (χ1) is 5.81. The van der Waals surface area contributed by atoms with E-state index in [1.807, 2.05) is 6.20 Å². The van der Waals surface area contributed by atoms with Crippen molar-refractivity contribution in [1.29, 1.82) is 0 Å². The minimum Gasteiger partial charge on any atom is -0.396 e. The van der Waals surface area contributed by atoms with Crippen molar-refractivity contribution in [3.8, 4) is 0 Å². The third-order valence-corrected chi connectivity index (χ3v) is 4.20. The number of nitrogens with zero attached hydrogens (tertiary/aromatic N) is 1. The molecule has 0 radical (unpaired) electrons. The van der Waals surface area contributed by atoms with Crippen LogP contribution in [0.3, 0.4) is 0 Å². The Bertz CT molecular complexity index is 242. The number of hydrogen-bond donors (Lipinski definition) is 1. The van der Waals surface area contributed by atoms with Crippen molar-refractivity contribution >= 4 is 29.4 Å². The van der Waals surface area contributed by atoms with Gasteiger partial charge in [0.05, 0.1) is 22.6 Å². The maximum absolute atomic E-state index is 10.9. The number of carbonyl (C=O) groups excluding carboxylic acids is 1. The summed E-state index contributed by atoms with van der Waals surface area (Å²) >= 11 is 3.34. The normalized spacial score (nSPS) is 26.8. The first-order valence-corrected chi connectivity index (χ1v) is 5.61. The van der Waals surface area contributed by atoms with Crippen LogP contribution < -0.4 is 0 Å². The van der Waals surface area contributed by atoms with Crippen LogP contribution in [0, 0.1) is 0 Å². The fourth-order valence-electron chi connectivity index (χ4n) is 1.15. The van der Waals surface area contributed by atoms with Gasteiger partial charge in [0.15, 0.2) is 0 Å². The third-order valence-electron chi connectivity index (χ3n) is 1.78.